The van der Waals surface area contributed by atoms with Gasteiger partial charge in [-0.25, -0.2) is 4.98 Å². The fraction of sp³-hybridized carbons (Fsp3) is 0.320. The van der Waals surface area contributed by atoms with E-state index in [1.165, 1.54) is 10.5 Å². The van der Waals surface area contributed by atoms with E-state index in [1.807, 2.05) is 30.5 Å². The van der Waals surface area contributed by atoms with Crippen molar-refractivity contribution in [3.8, 4) is 0 Å². The number of thioether (sulfide) groups is 2. The first-order chi connectivity index (χ1) is 15.7. The van der Waals surface area contributed by atoms with Crippen molar-refractivity contribution in [2.75, 3.05) is 12.3 Å². The van der Waals surface area contributed by atoms with E-state index in [1.54, 1.807) is 18.0 Å². The van der Waals surface area contributed by atoms with E-state index in [9.17, 15) is 9.59 Å². The monoisotopic (exact) mass is 501 g/mol. The molecule has 0 N–H and O–H groups in total. The zero-order valence-corrected chi connectivity index (χ0v) is 20.8. The molecule has 8 heteroatoms. The van der Waals surface area contributed by atoms with Crippen LogP contribution in [0.15, 0.2) is 76.9 Å². The third-order valence-electron chi connectivity index (χ3n) is 5.38. The minimum atomic E-state index is -0.138. The summed E-state index contributed by atoms with van der Waals surface area (Å²) in [5.41, 5.74) is 2.28. The number of hydrogen-bond acceptors (Lipinski definition) is 5. The van der Waals surface area contributed by atoms with E-state index in [4.69, 9.17) is 0 Å². The third kappa shape index (κ3) is 6.88. The molecule has 1 saturated heterocycles. The maximum absolute atomic E-state index is 12.6. The van der Waals surface area contributed by atoms with Gasteiger partial charge in [0.25, 0.3) is 11.1 Å². The number of nitrogens with zero attached hydrogens (tertiary/aromatic N) is 3. The number of imidazole rings is 1. The molecule has 0 aliphatic carbocycles. The Balaban J connectivity index is 0.00000306. The molecule has 174 valence electrons. The normalized spacial score (nSPS) is 14.9. The number of aromatic nitrogens is 2. The second-order valence-corrected chi connectivity index (χ2v) is 9.81. The van der Waals surface area contributed by atoms with Crippen molar-refractivity contribution in [1.29, 1.82) is 0 Å². The van der Waals surface area contributed by atoms with Gasteiger partial charge in [-0.1, -0.05) is 42.5 Å². The minimum absolute atomic E-state index is 0. The van der Waals surface area contributed by atoms with Crippen molar-refractivity contribution in [3.63, 3.8) is 0 Å². The highest BCUT2D eigenvalue weighted by Crippen LogP contribution is 2.31. The van der Waals surface area contributed by atoms with Crippen molar-refractivity contribution < 1.29 is 9.59 Å². The Morgan fingerprint density at radius 3 is 2.67 bits per heavy atom. The standard InChI is InChI=1S/C25H27N3O2S2.ClH/c29-24-21(13-6-2-5-12-20-10-3-1-4-11-20)32-25(30)28(24)17-7-8-19-31-23-15-9-14-22-26-16-18-27(22)23;/h1,3-4,9-11,13-16,18H,2,5-8,12,17,19H2;1H/b21-13+;. The van der Waals surface area contributed by atoms with Gasteiger partial charge in [0.15, 0.2) is 0 Å². The molecule has 33 heavy (non-hydrogen) atoms. The van der Waals surface area contributed by atoms with E-state index >= 15 is 0 Å². The molecule has 1 fully saturated rings. The predicted molar refractivity (Wildman–Crippen MR) is 139 cm³/mol. The van der Waals surface area contributed by atoms with Crippen LogP contribution in [-0.2, 0) is 11.2 Å². The van der Waals surface area contributed by atoms with Crippen LogP contribution in [-0.4, -0.2) is 37.7 Å². The van der Waals surface area contributed by atoms with Gasteiger partial charge in [0.1, 0.15) is 5.65 Å². The van der Waals surface area contributed by atoms with Gasteiger partial charge in [-0.2, -0.15) is 0 Å². The van der Waals surface area contributed by atoms with Crippen molar-refractivity contribution >= 4 is 52.7 Å². The number of allylic oxidation sites excluding steroid dienone is 1. The Morgan fingerprint density at radius 2 is 1.82 bits per heavy atom. The average molecular weight is 502 g/mol. The van der Waals surface area contributed by atoms with E-state index < -0.39 is 0 Å². The van der Waals surface area contributed by atoms with Crippen LogP contribution in [0, 0.1) is 0 Å². The van der Waals surface area contributed by atoms with Crippen LogP contribution >= 0.6 is 35.9 Å². The van der Waals surface area contributed by atoms with Crippen molar-refractivity contribution in [3.05, 3.63) is 77.5 Å². The quantitative estimate of drug-likeness (QED) is 0.168. The summed E-state index contributed by atoms with van der Waals surface area (Å²) in [6.45, 7) is 0.492. The Morgan fingerprint density at radius 1 is 0.970 bits per heavy atom. The second-order valence-electron chi connectivity index (χ2n) is 7.70. The zero-order valence-electron chi connectivity index (χ0n) is 18.4. The maximum atomic E-state index is 12.6. The number of rotatable bonds is 11. The predicted octanol–water partition coefficient (Wildman–Crippen LogP) is 6.62. The molecule has 2 amide bonds. The van der Waals surface area contributed by atoms with Crippen molar-refractivity contribution in [2.24, 2.45) is 0 Å². The summed E-state index contributed by atoms with van der Waals surface area (Å²) in [5, 5.41) is 1.02. The summed E-state index contributed by atoms with van der Waals surface area (Å²) in [7, 11) is 0. The molecule has 0 radical (unpaired) electrons. The summed E-state index contributed by atoms with van der Waals surface area (Å²) in [4.78, 5) is 31.2. The van der Waals surface area contributed by atoms with E-state index in [2.05, 4.69) is 39.7 Å². The topological polar surface area (TPSA) is 54.7 Å². The molecule has 0 saturated carbocycles. The number of carbonyl (C=O) groups excluding carboxylic acids is 2. The van der Waals surface area contributed by atoms with Crippen LogP contribution in [0.1, 0.15) is 37.7 Å². The Labute approximate surface area is 209 Å². The third-order valence-corrected chi connectivity index (χ3v) is 7.46. The molecule has 3 aromatic rings. The van der Waals surface area contributed by atoms with E-state index in [0.29, 0.717) is 11.4 Å². The number of unbranched alkanes of at least 4 members (excludes halogenated alkanes) is 3. The molecule has 1 aliphatic rings. The van der Waals surface area contributed by atoms with Crippen LogP contribution in [0.4, 0.5) is 4.79 Å². The number of benzene rings is 1. The highest BCUT2D eigenvalue weighted by atomic mass is 35.5. The number of imide groups is 1. The fourth-order valence-corrected chi connectivity index (χ4v) is 5.57. The fourth-order valence-electron chi connectivity index (χ4n) is 3.67. The lowest BCUT2D eigenvalue weighted by Gasteiger charge is -2.12. The molecule has 0 unspecified atom stereocenters. The van der Waals surface area contributed by atoms with Crippen LogP contribution in [0.2, 0.25) is 0 Å². The zero-order chi connectivity index (χ0) is 22.2. The molecule has 0 bridgehead atoms. The first-order valence-electron chi connectivity index (χ1n) is 11.0. The lowest BCUT2D eigenvalue weighted by atomic mass is 10.1. The molecule has 1 aliphatic heterocycles. The smallest absolute Gasteiger partial charge is 0.293 e. The van der Waals surface area contributed by atoms with Crippen molar-refractivity contribution in [2.45, 2.75) is 43.6 Å². The van der Waals surface area contributed by atoms with Gasteiger partial charge < -0.3 is 0 Å². The number of carbonyl (C=O) groups is 2. The Kier molecular flexibility index (Phi) is 9.91. The number of fused-ring (bicyclic) bond motifs is 1. The lowest BCUT2D eigenvalue weighted by molar-refractivity contribution is -0.122. The van der Waals surface area contributed by atoms with Gasteiger partial charge in [0, 0.05) is 18.9 Å². The summed E-state index contributed by atoms with van der Waals surface area (Å²) >= 11 is 2.85. The molecule has 0 spiro atoms. The maximum Gasteiger partial charge on any atom is 0.293 e. The Bertz CT molecular complexity index is 1100. The Hall–Kier alpha value is -2.22. The van der Waals surface area contributed by atoms with Gasteiger partial charge in [-0.05, 0) is 73.7 Å². The first-order valence-corrected chi connectivity index (χ1v) is 12.9. The second kappa shape index (κ2) is 12.9. The van der Waals surface area contributed by atoms with Crippen molar-refractivity contribution in [1.82, 2.24) is 14.3 Å². The lowest BCUT2D eigenvalue weighted by Crippen LogP contribution is -2.29. The average Bonchev–Trinajstić information content (AvgIpc) is 3.39. The minimum Gasteiger partial charge on any atom is -0.294 e. The van der Waals surface area contributed by atoms with Gasteiger partial charge in [0.2, 0.25) is 0 Å². The van der Waals surface area contributed by atoms with E-state index in [-0.39, 0.29) is 23.6 Å². The van der Waals surface area contributed by atoms with Crippen LogP contribution in [0.25, 0.3) is 5.65 Å². The molecule has 1 aromatic carbocycles. The number of amides is 2. The van der Waals surface area contributed by atoms with Gasteiger partial charge in [0.05, 0.1) is 9.93 Å². The molecular weight excluding hydrogens is 474 g/mol. The summed E-state index contributed by atoms with van der Waals surface area (Å²) in [6, 6.07) is 16.5. The number of hydrogen-bond donors (Lipinski definition) is 0. The summed E-state index contributed by atoms with van der Waals surface area (Å²) < 4.78 is 2.08. The molecule has 0 atom stereocenters. The van der Waals surface area contributed by atoms with Gasteiger partial charge in [-0.15, -0.1) is 24.2 Å². The van der Waals surface area contributed by atoms with Crippen LogP contribution in [0.3, 0.4) is 0 Å². The first kappa shape index (κ1) is 25.4. The highest BCUT2D eigenvalue weighted by molar-refractivity contribution is 8.18. The number of pyridine rings is 1. The summed E-state index contributed by atoms with van der Waals surface area (Å²) in [6.07, 6.45) is 11.4. The molecule has 2 aromatic heterocycles. The van der Waals surface area contributed by atoms with E-state index in [0.717, 1.165) is 66.7 Å². The molecule has 5 nitrogen and oxygen atoms in total. The van der Waals surface area contributed by atoms with Gasteiger partial charge in [-0.3, -0.25) is 18.9 Å². The summed E-state index contributed by atoms with van der Waals surface area (Å²) in [5.74, 6) is 0.809. The number of aryl methyl sites for hydroxylation is 1. The number of halogens is 1. The molecular formula is C25H28ClN3O2S2. The molecule has 3 heterocycles. The van der Waals surface area contributed by atoms with Gasteiger partial charge >= 0.3 is 0 Å². The highest BCUT2D eigenvalue weighted by Gasteiger charge is 2.34. The largest absolute Gasteiger partial charge is 0.294 e. The SMILES string of the molecule is Cl.O=C1S/C(=C/CCCCc2ccccc2)C(=O)N1CCCCSc1cccc2nccn12. The molecule has 4 rings (SSSR count). The van der Waals surface area contributed by atoms with Crippen LogP contribution in [0.5, 0.6) is 0 Å². The van der Waals surface area contributed by atoms with Crippen LogP contribution < -0.4 is 0 Å².